The van der Waals surface area contributed by atoms with E-state index >= 15 is 0 Å². The molecular formula is C25H23N3O3S2. The first-order chi connectivity index (χ1) is 15.9. The van der Waals surface area contributed by atoms with E-state index in [0.29, 0.717) is 25.1 Å². The van der Waals surface area contributed by atoms with Gasteiger partial charge in [-0.25, -0.2) is 13.4 Å². The molecule has 1 aliphatic heterocycles. The number of hydrogen-bond donors (Lipinski definition) is 1. The van der Waals surface area contributed by atoms with Crippen LogP contribution in [0.15, 0.2) is 77.7 Å². The Kier molecular flexibility index (Phi) is 5.74. The lowest BCUT2D eigenvalue weighted by atomic mass is 10.2. The molecule has 8 heteroatoms. The molecule has 33 heavy (non-hydrogen) atoms. The first-order valence-electron chi connectivity index (χ1n) is 10.8. The maximum Gasteiger partial charge on any atom is 0.243 e. The van der Waals surface area contributed by atoms with Crippen molar-refractivity contribution < 1.29 is 13.2 Å². The van der Waals surface area contributed by atoms with Crippen molar-refractivity contribution in [3.63, 3.8) is 0 Å². The molecule has 3 aromatic carbocycles. The Balaban J connectivity index is 1.32. The molecular weight excluding hydrogens is 454 g/mol. The van der Waals surface area contributed by atoms with Crippen LogP contribution in [0.5, 0.6) is 0 Å². The highest BCUT2D eigenvalue weighted by Gasteiger charge is 2.39. The van der Waals surface area contributed by atoms with Crippen molar-refractivity contribution in [3.8, 4) is 10.6 Å². The van der Waals surface area contributed by atoms with Gasteiger partial charge in [0, 0.05) is 17.8 Å². The van der Waals surface area contributed by atoms with Crippen LogP contribution in [-0.2, 0) is 14.8 Å². The van der Waals surface area contributed by atoms with Gasteiger partial charge in [-0.3, -0.25) is 4.79 Å². The first kappa shape index (κ1) is 21.8. The van der Waals surface area contributed by atoms with Crippen LogP contribution in [0, 0.1) is 6.92 Å². The molecule has 1 amide bonds. The lowest BCUT2D eigenvalue weighted by molar-refractivity contribution is -0.119. The number of nitrogens with zero attached hydrogens (tertiary/aromatic N) is 2. The third-order valence-corrected chi connectivity index (χ3v) is 8.84. The van der Waals surface area contributed by atoms with Crippen LogP contribution >= 0.6 is 11.3 Å². The van der Waals surface area contributed by atoms with Crippen LogP contribution in [0.25, 0.3) is 20.8 Å². The van der Waals surface area contributed by atoms with Gasteiger partial charge < -0.3 is 5.32 Å². The standard InChI is InChI=1S/C25H23N3O3S2/c1-17-8-14-20(15-9-17)33(30,31)28-16-4-6-22(28)24(29)26-19-12-10-18(11-13-19)25-27-21-5-2-3-7-23(21)32-25/h2-3,5,7-15,22H,4,6,16H2,1H3,(H,26,29)/t22-/m1/s1. The van der Waals surface area contributed by atoms with Crippen molar-refractivity contribution in [1.29, 1.82) is 0 Å². The molecule has 0 unspecified atom stereocenters. The van der Waals surface area contributed by atoms with Gasteiger partial charge in [0.05, 0.1) is 15.1 Å². The molecule has 0 saturated carbocycles. The minimum absolute atomic E-state index is 0.216. The number of carbonyl (C=O) groups is 1. The fraction of sp³-hybridized carbons (Fsp3) is 0.200. The highest BCUT2D eigenvalue weighted by molar-refractivity contribution is 7.89. The van der Waals surface area contributed by atoms with Crippen molar-refractivity contribution in [3.05, 3.63) is 78.4 Å². The van der Waals surface area contributed by atoms with E-state index in [2.05, 4.69) is 10.3 Å². The van der Waals surface area contributed by atoms with Gasteiger partial charge in [-0.1, -0.05) is 29.8 Å². The molecule has 168 valence electrons. The normalized spacial score (nSPS) is 16.8. The highest BCUT2D eigenvalue weighted by atomic mass is 32.2. The number of fused-ring (bicyclic) bond motifs is 1. The van der Waals surface area contributed by atoms with Crippen LogP contribution in [0.4, 0.5) is 5.69 Å². The van der Waals surface area contributed by atoms with Crippen LogP contribution in [0.2, 0.25) is 0 Å². The number of nitrogens with one attached hydrogen (secondary N) is 1. The Labute approximate surface area is 197 Å². The largest absolute Gasteiger partial charge is 0.325 e. The second kappa shape index (κ2) is 8.70. The van der Waals surface area contributed by atoms with E-state index in [4.69, 9.17) is 0 Å². The second-order valence-corrected chi connectivity index (χ2v) is 11.1. The number of aromatic nitrogens is 1. The Hall–Kier alpha value is -3.07. The number of benzene rings is 3. The molecule has 0 bridgehead atoms. The Morgan fingerprint density at radius 2 is 1.76 bits per heavy atom. The average molecular weight is 478 g/mol. The minimum Gasteiger partial charge on any atom is -0.325 e. The summed E-state index contributed by atoms with van der Waals surface area (Å²) in [5.74, 6) is -0.309. The Morgan fingerprint density at radius 3 is 2.48 bits per heavy atom. The second-order valence-electron chi connectivity index (χ2n) is 8.14. The summed E-state index contributed by atoms with van der Waals surface area (Å²) in [6, 6.07) is 21.5. The Morgan fingerprint density at radius 1 is 1.03 bits per heavy atom. The van der Waals surface area contributed by atoms with Crippen molar-refractivity contribution in [2.24, 2.45) is 0 Å². The zero-order valence-electron chi connectivity index (χ0n) is 18.1. The lowest BCUT2D eigenvalue weighted by Gasteiger charge is -2.23. The monoisotopic (exact) mass is 477 g/mol. The van der Waals surface area contributed by atoms with E-state index in [-0.39, 0.29) is 10.8 Å². The van der Waals surface area contributed by atoms with Crippen molar-refractivity contribution in [1.82, 2.24) is 9.29 Å². The van der Waals surface area contributed by atoms with Gasteiger partial charge in [0.25, 0.3) is 0 Å². The molecule has 0 aliphatic carbocycles. The zero-order valence-corrected chi connectivity index (χ0v) is 19.7. The molecule has 1 N–H and O–H groups in total. The third kappa shape index (κ3) is 4.29. The van der Waals surface area contributed by atoms with E-state index in [1.165, 1.54) is 4.31 Å². The summed E-state index contributed by atoms with van der Waals surface area (Å²) in [4.78, 5) is 17.9. The summed E-state index contributed by atoms with van der Waals surface area (Å²) in [5, 5.41) is 3.81. The maximum absolute atomic E-state index is 13.1. The first-order valence-corrected chi connectivity index (χ1v) is 13.0. The van der Waals surface area contributed by atoms with E-state index in [1.807, 2.05) is 55.5 Å². The number of anilines is 1. The summed E-state index contributed by atoms with van der Waals surface area (Å²) in [5.41, 5.74) is 3.55. The predicted molar refractivity (Wildman–Crippen MR) is 132 cm³/mol. The van der Waals surface area contributed by atoms with Gasteiger partial charge in [-0.2, -0.15) is 4.31 Å². The van der Waals surface area contributed by atoms with Gasteiger partial charge >= 0.3 is 0 Å². The van der Waals surface area contributed by atoms with Crippen LogP contribution in [0.3, 0.4) is 0 Å². The number of para-hydroxylation sites is 1. The van der Waals surface area contributed by atoms with Crippen LogP contribution < -0.4 is 5.32 Å². The number of aryl methyl sites for hydroxylation is 1. The summed E-state index contributed by atoms with van der Waals surface area (Å²) in [6.45, 7) is 2.25. The number of hydrogen-bond acceptors (Lipinski definition) is 5. The number of sulfonamides is 1. The molecule has 1 aliphatic rings. The summed E-state index contributed by atoms with van der Waals surface area (Å²) in [6.07, 6.45) is 1.15. The maximum atomic E-state index is 13.1. The molecule has 1 saturated heterocycles. The highest BCUT2D eigenvalue weighted by Crippen LogP contribution is 2.31. The molecule has 1 aromatic heterocycles. The lowest BCUT2D eigenvalue weighted by Crippen LogP contribution is -2.43. The van der Waals surface area contributed by atoms with Gasteiger partial charge in [-0.05, 0) is 68.3 Å². The molecule has 5 rings (SSSR count). The summed E-state index contributed by atoms with van der Waals surface area (Å²) < 4.78 is 28.7. The minimum atomic E-state index is -3.73. The van der Waals surface area contributed by atoms with Crippen molar-refractivity contribution in [2.45, 2.75) is 30.7 Å². The topological polar surface area (TPSA) is 79.4 Å². The quantitative estimate of drug-likeness (QED) is 0.436. The molecule has 6 nitrogen and oxygen atoms in total. The van der Waals surface area contributed by atoms with Crippen molar-refractivity contribution >= 4 is 43.2 Å². The fourth-order valence-corrected chi connectivity index (χ4v) is 6.68. The summed E-state index contributed by atoms with van der Waals surface area (Å²) in [7, 11) is -3.73. The van der Waals surface area contributed by atoms with E-state index < -0.39 is 16.1 Å². The van der Waals surface area contributed by atoms with Crippen LogP contribution in [0.1, 0.15) is 18.4 Å². The number of rotatable bonds is 5. The van der Waals surface area contributed by atoms with Gasteiger partial charge in [0.15, 0.2) is 0 Å². The van der Waals surface area contributed by atoms with Gasteiger partial charge in [-0.15, -0.1) is 11.3 Å². The molecule has 1 fully saturated rings. The smallest absolute Gasteiger partial charge is 0.243 e. The molecule has 0 spiro atoms. The third-order valence-electron chi connectivity index (χ3n) is 5.83. The molecule has 0 radical (unpaired) electrons. The van der Waals surface area contributed by atoms with Crippen molar-refractivity contribution in [2.75, 3.05) is 11.9 Å². The van der Waals surface area contributed by atoms with E-state index in [9.17, 15) is 13.2 Å². The predicted octanol–water partition coefficient (Wildman–Crippen LogP) is 5.06. The van der Waals surface area contributed by atoms with Gasteiger partial charge in [0.1, 0.15) is 11.0 Å². The SMILES string of the molecule is Cc1ccc(S(=O)(=O)N2CCC[C@@H]2C(=O)Nc2ccc(-c3nc4ccccc4s3)cc2)cc1. The molecule has 1 atom stereocenters. The van der Waals surface area contributed by atoms with Gasteiger partial charge in [0.2, 0.25) is 15.9 Å². The fourth-order valence-electron chi connectivity index (χ4n) is 4.05. The number of carbonyl (C=O) groups excluding carboxylic acids is 1. The number of thiazole rings is 1. The number of amides is 1. The summed E-state index contributed by atoms with van der Waals surface area (Å²) >= 11 is 1.62. The van der Waals surface area contributed by atoms with E-state index in [0.717, 1.165) is 26.4 Å². The van der Waals surface area contributed by atoms with Crippen LogP contribution in [-0.4, -0.2) is 36.2 Å². The average Bonchev–Trinajstić information content (AvgIpc) is 3.48. The Bertz CT molecular complexity index is 1380. The zero-order chi connectivity index (χ0) is 23.0. The van der Waals surface area contributed by atoms with E-state index in [1.54, 1.807) is 35.6 Å². The molecule has 2 heterocycles. The molecule has 4 aromatic rings.